The van der Waals surface area contributed by atoms with Gasteiger partial charge in [0.25, 0.3) is 0 Å². The molecule has 0 unspecified atom stereocenters. The van der Waals surface area contributed by atoms with Gasteiger partial charge in [-0.25, -0.2) is 4.79 Å². The molecule has 23 heavy (non-hydrogen) atoms. The Balaban J connectivity index is 1.78. The maximum Gasteiger partial charge on any atom is 0.414 e. The highest BCUT2D eigenvalue weighted by Crippen LogP contribution is 2.39. The second-order valence-corrected chi connectivity index (χ2v) is 6.10. The molecular formula is C20H19NO2. The summed E-state index contributed by atoms with van der Waals surface area (Å²) in [4.78, 5) is 14.2. The minimum Gasteiger partial charge on any atom is -0.447 e. The second kappa shape index (κ2) is 5.58. The van der Waals surface area contributed by atoms with Crippen LogP contribution in [0, 0.1) is 0 Å². The van der Waals surface area contributed by atoms with Crippen molar-refractivity contribution in [3.63, 3.8) is 0 Å². The summed E-state index contributed by atoms with van der Waals surface area (Å²) in [5.41, 5.74) is 6.02. The van der Waals surface area contributed by atoms with Gasteiger partial charge >= 0.3 is 6.09 Å². The molecule has 1 aliphatic carbocycles. The molecule has 116 valence electrons. The average Bonchev–Trinajstić information content (AvgIpc) is 2.98. The fourth-order valence-corrected chi connectivity index (χ4v) is 3.64. The van der Waals surface area contributed by atoms with E-state index < -0.39 is 0 Å². The Kier molecular flexibility index (Phi) is 3.41. The summed E-state index contributed by atoms with van der Waals surface area (Å²) in [6.45, 7) is 2.53. The van der Waals surface area contributed by atoms with E-state index in [0.717, 1.165) is 24.1 Å². The van der Waals surface area contributed by atoms with E-state index in [2.05, 4.69) is 43.3 Å². The Morgan fingerprint density at radius 1 is 1.00 bits per heavy atom. The third-order valence-corrected chi connectivity index (χ3v) is 4.83. The summed E-state index contributed by atoms with van der Waals surface area (Å²) in [5, 5.41) is 0. The van der Waals surface area contributed by atoms with Crippen molar-refractivity contribution in [1.82, 2.24) is 4.90 Å². The van der Waals surface area contributed by atoms with Crippen LogP contribution in [0.15, 0.2) is 60.3 Å². The number of carbonyl (C=O) groups is 1. The summed E-state index contributed by atoms with van der Waals surface area (Å²) < 4.78 is 5.37. The van der Waals surface area contributed by atoms with Crippen LogP contribution in [0.3, 0.4) is 0 Å². The molecule has 4 rings (SSSR count). The number of carbonyl (C=O) groups excluding carboxylic acids is 1. The highest BCUT2D eigenvalue weighted by atomic mass is 16.6. The van der Waals surface area contributed by atoms with Gasteiger partial charge in [-0.05, 0) is 42.0 Å². The van der Waals surface area contributed by atoms with E-state index in [1.54, 1.807) is 0 Å². The zero-order valence-electron chi connectivity index (χ0n) is 13.2. The van der Waals surface area contributed by atoms with Gasteiger partial charge < -0.3 is 4.74 Å². The SMILES string of the molecule is CC1=C(N2C(=O)OC[C@H]2c2ccccc2)CCc2ccccc21. The molecule has 0 saturated carbocycles. The average molecular weight is 305 g/mol. The molecule has 2 aromatic carbocycles. The van der Waals surface area contributed by atoms with E-state index >= 15 is 0 Å². The Bertz CT molecular complexity index is 779. The van der Waals surface area contributed by atoms with Crippen molar-refractivity contribution < 1.29 is 9.53 Å². The van der Waals surface area contributed by atoms with Crippen molar-refractivity contribution in [3.8, 4) is 0 Å². The Labute approximate surface area is 136 Å². The maximum absolute atomic E-state index is 12.4. The van der Waals surface area contributed by atoms with Crippen molar-refractivity contribution in [2.45, 2.75) is 25.8 Å². The Morgan fingerprint density at radius 3 is 2.57 bits per heavy atom. The first-order valence-corrected chi connectivity index (χ1v) is 8.04. The van der Waals surface area contributed by atoms with Gasteiger partial charge in [-0.1, -0.05) is 54.6 Å². The first-order valence-electron chi connectivity index (χ1n) is 8.04. The Morgan fingerprint density at radius 2 is 1.74 bits per heavy atom. The molecular weight excluding hydrogens is 286 g/mol. The van der Waals surface area contributed by atoms with Crippen molar-refractivity contribution >= 4 is 11.7 Å². The zero-order chi connectivity index (χ0) is 15.8. The molecule has 0 bridgehead atoms. The molecule has 0 spiro atoms. The van der Waals surface area contributed by atoms with Gasteiger partial charge in [-0.2, -0.15) is 0 Å². The minimum atomic E-state index is -0.229. The van der Waals surface area contributed by atoms with Crippen molar-refractivity contribution in [2.75, 3.05) is 6.61 Å². The summed E-state index contributed by atoms with van der Waals surface area (Å²) in [5.74, 6) is 0. The molecule has 1 heterocycles. The molecule has 0 aromatic heterocycles. The normalized spacial score (nSPS) is 20.5. The summed E-state index contributed by atoms with van der Waals surface area (Å²) in [6, 6.07) is 18.6. The molecule has 1 fully saturated rings. The topological polar surface area (TPSA) is 29.5 Å². The number of rotatable bonds is 2. The lowest BCUT2D eigenvalue weighted by Crippen LogP contribution is -2.29. The van der Waals surface area contributed by atoms with Gasteiger partial charge in [0.2, 0.25) is 0 Å². The van der Waals surface area contributed by atoms with E-state index in [4.69, 9.17) is 4.74 Å². The van der Waals surface area contributed by atoms with Gasteiger partial charge in [0.1, 0.15) is 6.61 Å². The lowest BCUT2D eigenvalue weighted by atomic mass is 9.88. The van der Waals surface area contributed by atoms with Gasteiger partial charge in [0, 0.05) is 5.70 Å². The van der Waals surface area contributed by atoms with E-state index in [-0.39, 0.29) is 12.1 Å². The van der Waals surface area contributed by atoms with Crippen LogP contribution in [0.2, 0.25) is 0 Å². The van der Waals surface area contributed by atoms with Gasteiger partial charge in [-0.15, -0.1) is 0 Å². The van der Waals surface area contributed by atoms with Crippen LogP contribution in [0.25, 0.3) is 5.57 Å². The quantitative estimate of drug-likeness (QED) is 0.814. The minimum absolute atomic E-state index is 0.0288. The Hall–Kier alpha value is -2.55. The molecule has 3 heteroatoms. The summed E-state index contributed by atoms with van der Waals surface area (Å²) >= 11 is 0. The fourth-order valence-electron chi connectivity index (χ4n) is 3.64. The number of amides is 1. The second-order valence-electron chi connectivity index (χ2n) is 6.10. The predicted octanol–water partition coefficient (Wildman–Crippen LogP) is 4.56. The monoisotopic (exact) mass is 305 g/mol. The first-order chi connectivity index (χ1) is 11.3. The van der Waals surface area contributed by atoms with Crippen LogP contribution < -0.4 is 0 Å². The highest BCUT2D eigenvalue weighted by molar-refractivity contribution is 5.79. The maximum atomic E-state index is 12.4. The third kappa shape index (κ3) is 2.33. The molecule has 1 amide bonds. The third-order valence-electron chi connectivity index (χ3n) is 4.83. The van der Waals surface area contributed by atoms with Crippen LogP contribution in [-0.2, 0) is 11.2 Å². The number of hydrogen-bond acceptors (Lipinski definition) is 2. The fraction of sp³-hybridized carbons (Fsp3) is 0.250. The molecule has 1 atom stereocenters. The number of benzene rings is 2. The van der Waals surface area contributed by atoms with Crippen LogP contribution >= 0.6 is 0 Å². The lowest BCUT2D eigenvalue weighted by Gasteiger charge is -2.30. The van der Waals surface area contributed by atoms with Gasteiger partial charge in [-0.3, -0.25) is 4.90 Å². The largest absolute Gasteiger partial charge is 0.447 e. The molecule has 0 radical (unpaired) electrons. The number of hydrogen-bond donors (Lipinski definition) is 0. The van der Waals surface area contributed by atoms with E-state index in [1.165, 1.54) is 16.7 Å². The van der Waals surface area contributed by atoms with Crippen molar-refractivity contribution in [2.24, 2.45) is 0 Å². The zero-order valence-corrected chi connectivity index (χ0v) is 13.2. The number of ether oxygens (including phenoxy) is 1. The molecule has 1 aliphatic heterocycles. The number of cyclic esters (lactones) is 1. The number of fused-ring (bicyclic) bond motifs is 1. The standard InChI is InChI=1S/C20H19NO2/c1-14-17-10-6-5-7-15(17)11-12-18(14)21-19(13-23-20(21)22)16-8-3-2-4-9-16/h2-10,19H,11-13H2,1H3/t19-/m0/s1. The van der Waals surface area contributed by atoms with Crippen LogP contribution in [0.4, 0.5) is 4.79 Å². The van der Waals surface area contributed by atoms with Crippen LogP contribution in [0.5, 0.6) is 0 Å². The van der Waals surface area contributed by atoms with E-state index in [9.17, 15) is 4.79 Å². The number of aryl methyl sites for hydroxylation is 1. The smallest absolute Gasteiger partial charge is 0.414 e. The first kappa shape index (κ1) is 14.1. The van der Waals surface area contributed by atoms with E-state index in [0.29, 0.717) is 6.61 Å². The van der Waals surface area contributed by atoms with Crippen LogP contribution in [0.1, 0.15) is 36.1 Å². The highest BCUT2D eigenvalue weighted by Gasteiger charge is 2.38. The van der Waals surface area contributed by atoms with Crippen LogP contribution in [-0.4, -0.2) is 17.6 Å². The molecule has 2 aliphatic rings. The number of allylic oxidation sites excluding steroid dienone is 2. The summed E-state index contributed by atoms with van der Waals surface area (Å²) in [6.07, 6.45) is 1.61. The van der Waals surface area contributed by atoms with E-state index in [1.807, 2.05) is 23.1 Å². The summed E-state index contributed by atoms with van der Waals surface area (Å²) in [7, 11) is 0. The molecule has 3 nitrogen and oxygen atoms in total. The van der Waals surface area contributed by atoms with Gasteiger partial charge in [0.15, 0.2) is 0 Å². The molecule has 0 N–H and O–H groups in total. The number of nitrogens with zero attached hydrogens (tertiary/aromatic N) is 1. The molecule has 2 aromatic rings. The van der Waals surface area contributed by atoms with Crippen molar-refractivity contribution in [3.05, 3.63) is 77.0 Å². The lowest BCUT2D eigenvalue weighted by molar-refractivity contribution is 0.163. The van der Waals surface area contributed by atoms with Gasteiger partial charge in [0.05, 0.1) is 6.04 Å². The predicted molar refractivity (Wildman–Crippen MR) is 89.7 cm³/mol. The van der Waals surface area contributed by atoms with Crippen molar-refractivity contribution in [1.29, 1.82) is 0 Å². The molecule has 1 saturated heterocycles.